The van der Waals surface area contributed by atoms with E-state index in [4.69, 9.17) is 0 Å². The summed E-state index contributed by atoms with van der Waals surface area (Å²) in [5, 5.41) is 4.30. The third kappa shape index (κ3) is 3.40. The predicted octanol–water partition coefficient (Wildman–Crippen LogP) is 2.99. The number of anilines is 1. The first-order valence-electron chi connectivity index (χ1n) is 7.65. The van der Waals surface area contributed by atoms with E-state index in [2.05, 4.69) is 29.9 Å². The number of imidazole rings is 1. The lowest BCUT2D eigenvalue weighted by molar-refractivity contribution is -0.274. The van der Waals surface area contributed by atoms with Crippen LogP contribution in [0.5, 0.6) is 5.75 Å². The molecule has 0 unspecified atom stereocenters. The van der Waals surface area contributed by atoms with Gasteiger partial charge < -0.3 is 19.9 Å². The van der Waals surface area contributed by atoms with Crippen LogP contribution in [0.1, 0.15) is 0 Å². The zero-order valence-corrected chi connectivity index (χ0v) is 13.7. The van der Waals surface area contributed by atoms with Crippen LogP contribution in [-0.4, -0.2) is 47.5 Å². The normalized spacial score (nSPS) is 15.7. The SMILES string of the molecule is FC(F)(F)Oc1ccc2nc(-c3ncsc3N3CCNCC3)[nH]c2c1. The van der Waals surface area contributed by atoms with E-state index in [0.29, 0.717) is 22.6 Å². The van der Waals surface area contributed by atoms with Crippen molar-refractivity contribution in [3.63, 3.8) is 0 Å². The zero-order valence-electron chi connectivity index (χ0n) is 12.9. The number of ether oxygens (including phenoxy) is 1. The number of hydrogen-bond acceptors (Lipinski definition) is 6. The first kappa shape index (κ1) is 16.2. The Hall–Kier alpha value is -2.33. The molecule has 25 heavy (non-hydrogen) atoms. The minimum absolute atomic E-state index is 0.282. The number of benzene rings is 1. The van der Waals surface area contributed by atoms with Crippen molar-refractivity contribution in [3.05, 3.63) is 23.7 Å². The molecule has 2 N–H and O–H groups in total. The topological polar surface area (TPSA) is 66.1 Å². The summed E-state index contributed by atoms with van der Waals surface area (Å²) in [4.78, 5) is 14.1. The standard InChI is InChI=1S/C15H14F3N5OS/c16-15(17,18)24-9-1-2-10-11(7-9)22-13(21-10)12-14(25-8-20-12)23-5-3-19-4-6-23/h1-2,7-8,19H,3-6H2,(H,21,22). The van der Waals surface area contributed by atoms with Gasteiger partial charge in [0.15, 0.2) is 5.82 Å². The maximum atomic E-state index is 12.4. The van der Waals surface area contributed by atoms with Gasteiger partial charge in [0.1, 0.15) is 16.4 Å². The number of alkyl halides is 3. The van der Waals surface area contributed by atoms with Crippen molar-refractivity contribution in [1.82, 2.24) is 20.3 Å². The van der Waals surface area contributed by atoms with E-state index < -0.39 is 6.36 Å². The summed E-state index contributed by atoms with van der Waals surface area (Å²) in [6.45, 7) is 3.54. The van der Waals surface area contributed by atoms with Crippen molar-refractivity contribution in [1.29, 1.82) is 0 Å². The molecule has 0 spiro atoms. The third-order valence-electron chi connectivity index (χ3n) is 3.86. The first-order valence-corrected chi connectivity index (χ1v) is 8.52. The van der Waals surface area contributed by atoms with Crippen molar-refractivity contribution in [2.24, 2.45) is 0 Å². The molecule has 3 aromatic rings. The van der Waals surface area contributed by atoms with Gasteiger partial charge in [0.05, 0.1) is 16.5 Å². The molecule has 0 aliphatic carbocycles. The van der Waals surface area contributed by atoms with Crippen LogP contribution < -0.4 is 15.0 Å². The summed E-state index contributed by atoms with van der Waals surface area (Å²) < 4.78 is 41.0. The zero-order chi connectivity index (χ0) is 17.4. The second-order valence-corrected chi connectivity index (χ2v) is 6.39. The Balaban J connectivity index is 1.67. The number of H-pyrrole nitrogens is 1. The predicted molar refractivity (Wildman–Crippen MR) is 89.0 cm³/mol. The van der Waals surface area contributed by atoms with Crippen molar-refractivity contribution < 1.29 is 17.9 Å². The summed E-state index contributed by atoms with van der Waals surface area (Å²) >= 11 is 1.53. The molecule has 0 radical (unpaired) electrons. The molecular formula is C15H14F3N5OS. The van der Waals surface area contributed by atoms with E-state index in [0.717, 1.165) is 31.2 Å². The number of fused-ring (bicyclic) bond motifs is 1. The van der Waals surface area contributed by atoms with E-state index in [1.54, 1.807) is 5.51 Å². The summed E-state index contributed by atoms with van der Waals surface area (Å²) in [5.41, 5.74) is 3.49. The Bertz CT molecular complexity index is 885. The molecule has 1 fully saturated rings. The van der Waals surface area contributed by atoms with Crippen molar-refractivity contribution in [2.45, 2.75) is 6.36 Å². The lowest BCUT2D eigenvalue weighted by atomic mass is 10.3. The van der Waals surface area contributed by atoms with Gasteiger partial charge in [-0.25, -0.2) is 9.97 Å². The fraction of sp³-hybridized carbons (Fsp3) is 0.333. The molecule has 132 valence electrons. The van der Waals surface area contributed by atoms with Gasteiger partial charge in [-0.15, -0.1) is 24.5 Å². The van der Waals surface area contributed by atoms with Crippen LogP contribution in [0.2, 0.25) is 0 Å². The average Bonchev–Trinajstić information content (AvgIpc) is 3.20. The van der Waals surface area contributed by atoms with Crippen LogP contribution in [0.25, 0.3) is 22.6 Å². The molecule has 10 heteroatoms. The maximum Gasteiger partial charge on any atom is 0.573 e. The summed E-state index contributed by atoms with van der Waals surface area (Å²) in [6, 6.07) is 4.03. The van der Waals surface area contributed by atoms with E-state index in [1.807, 2.05) is 0 Å². The Morgan fingerprint density at radius 3 is 2.76 bits per heavy atom. The van der Waals surface area contributed by atoms with Crippen LogP contribution in [0.3, 0.4) is 0 Å². The lowest BCUT2D eigenvalue weighted by Gasteiger charge is -2.28. The van der Waals surface area contributed by atoms with E-state index >= 15 is 0 Å². The fourth-order valence-corrected chi connectivity index (χ4v) is 3.64. The van der Waals surface area contributed by atoms with E-state index in [9.17, 15) is 13.2 Å². The van der Waals surface area contributed by atoms with Crippen molar-refractivity contribution >= 4 is 27.4 Å². The first-order chi connectivity index (χ1) is 12.0. The minimum atomic E-state index is -4.72. The van der Waals surface area contributed by atoms with Gasteiger partial charge in [-0.2, -0.15) is 0 Å². The van der Waals surface area contributed by atoms with Crippen LogP contribution in [0, 0.1) is 0 Å². The van der Waals surface area contributed by atoms with Gasteiger partial charge in [0.25, 0.3) is 0 Å². The Morgan fingerprint density at radius 2 is 2.00 bits per heavy atom. The highest BCUT2D eigenvalue weighted by Gasteiger charge is 2.31. The van der Waals surface area contributed by atoms with Crippen molar-refractivity contribution in [2.75, 3.05) is 31.1 Å². The van der Waals surface area contributed by atoms with Crippen LogP contribution in [0.4, 0.5) is 18.2 Å². The number of halogens is 3. The minimum Gasteiger partial charge on any atom is -0.406 e. The molecule has 2 aromatic heterocycles. The van der Waals surface area contributed by atoms with Gasteiger partial charge in [0.2, 0.25) is 0 Å². The summed E-state index contributed by atoms with van der Waals surface area (Å²) in [5.74, 6) is 0.254. The van der Waals surface area contributed by atoms with Crippen LogP contribution in [-0.2, 0) is 0 Å². The molecule has 1 saturated heterocycles. The average molecular weight is 369 g/mol. The van der Waals surface area contributed by atoms with Gasteiger partial charge >= 0.3 is 6.36 Å². The fourth-order valence-electron chi connectivity index (χ4n) is 2.79. The maximum absolute atomic E-state index is 12.4. The molecule has 1 aliphatic rings. The highest BCUT2D eigenvalue weighted by Crippen LogP contribution is 2.34. The molecule has 1 aromatic carbocycles. The van der Waals surface area contributed by atoms with Gasteiger partial charge in [-0.3, -0.25) is 0 Å². The third-order valence-corrected chi connectivity index (χ3v) is 4.75. The summed E-state index contributed by atoms with van der Waals surface area (Å²) in [7, 11) is 0. The molecule has 1 aliphatic heterocycles. The van der Waals surface area contributed by atoms with Crippen molar-refractivity contribution in [3.8, 4) is 17.3 Å². The number of aromatic amines is 1. The Kier molecular flexibility index (Phi) is 4.00. The van der Waals surface area contributed by atoms with Crippen LogP contribution >= 0.6 is 11.3 Å². The number of nitrogens with zero attached hydrogens (tertiary/aromatic N) is 3. The molecular weight excluding hydrogens is 355 g/mol. The molecule has 4 rings (SSSR count). The van der Waals surface area contributed by atoms with Gasteiger partial charge in [-0.05, 0) is 12.1 Å². The van der Waals surface area contributed by atoms with Gasteiger partial charge in [-0.1, -0.05) is 0 Å². The quantitative estimate of drug-likeness (QED) is 0.743. The highest BCUT2D eigenvalue weighted by atomic mass is 32.1. The number of nitrogens with one attached hydrogen (secondary N) is 2. The Labute approximate surface area is 144 Å². The van der Waals surface area contributed by atoms with Crippen LogP contribution in [0.15, 0.2) is 23.7 Å². The highest BCUT2D eigenvalue weighted by molar-refractivity contribution is 7.14. The number of hydrogen-bond donors (Lipinski definition) is 2. The van der Waals surface area contributed by atoms with Gasteiger partial charge in [0, 0.05) is 32.2 Å². The molecule has 0 bridgehead atoms. The smallest absolute Gasteiger partial charge is 0.406 e. The Morgan fingerprint density at radius 1 is 1.20 bits per heavy atom. The molecule has 6 nitrogen and oxygen atoms in total. The molecule has 0 amide bonds. The monoisotopic (exact) mass is 369 g/mol. The number of thiazole rings is 1. The van der Waals surface area contributed by atoms with E-state index in [1.165, 1.54) is 29.5 Å². The number of piperazine rings is 1. The molecule has 3 heterocycles. The lowest BCUT2D eigenvalue weighted by Crippen LogP contribution is -2.43. The molecule has 0 saturated carbocycles. The molecule has 0 atom stereocenters. The second-order valence-electron chi connectivity index (χ2n) is 5.56. The number of rotatable bonds is 3. The summed E-state index contributed by atoms with van der Waals surface area (Å²) in [6.07, 6.45) is -4.72. The van der Waals surface area contributed by atoms with E-state index in [-0.39, 0.29) is 5.75 Å². The number of aromatic nitrogens is 3. The second kappa shape index (κ2) is 6.19. The largest absolute Gasteiger partial charge is 0.573 e.